The summed E-state index contributed by atoms with van der Waals surface area (Å²) in [5.74, 6) is 1.89. The molecule has 0 radical (unpaired) electrons. The standard InChI is InChI=1S/C62H52N4O/c1-61(2,3)47-31-34-55-54(38-47)53-33-32-50(40-58(53)66(55)59-37-43(35-36-63-59)41-62(4,5)46-23-13-8-14-24-46)67-49-26-17-25-48(39-49)64-42-65(57-30-16-15-29-56(57)64)60-51(44-19-9-6-10-20-44)27-18-28-52(60)45-21-11-7-12-22-45/h6-40H,41H2,1-5H3/i6D,7D,9D,10D,11D,12D,19D,20D,21D,22D. The summed E-state index contributed by atoms with van der Waals surface area (Å²) >= 11 is 0. The monoisotopic (exact) mass is 878 g/mol. The molecule has 0 aliphatic carbocycles. The maximum absolute atomic E-state index is 9.05. The molecule has 0 saturated heterocycles. The van der Waals surface area contributed by atoms with Gasteiger partial charge in [0, 0.05) is 23.0 Å². The van der Waals surface area contributed by atoms with Crippen molar-refractivity contribution in [1.82, 2.24) is 14.1 Å². The maximum Gasteiger partial charge on any atom is 0.269 e. The van der Waals surface area contributed by atoms with Crippen LogP contribution in [-0.4, -0.2) is 14.1 Å². The lowest BCUT2D eigenvalue weighted by Crippen LogP contribution is -2.31. The lowest BCUT2D eigenvalue weighted by atomic mass is 9.79. The Morgan fingerprint density at radius 2 is 1.27 bits per heavy atom. The number of imidazole rings is 1. The number of pyridine rings is 1. The van der Waals surface area contributed by atoms with Crippen LogP contribution in [0.15, 0.2) is 212 Å². The molecule has 0 bridgehead atoms. The van der Waals surface area contributed by atoms with Gasteiger partial charge in [0.1, 0.15) is 17.3 Å². The minimum absolute atomic E-state index is 0.0834. The van der Waals surface area contributed by atoms with Gasteiger partial charge in [0.05, 0.1) is 47.1 Å². The molecule has 0 N–H and O–H groups in total. The Hall–Kier alpha value is -8.02. The topological polar surface area (TPSA) is 35.9 Å². The highest BCUT2D eigenvalue weighted by Gasteiger charge is 2.24. The van der Waals surface area contributed by atoms with Crippen LogP contribution in [0.2, 0.25) is 0 Å². The molecule has 0 aliphatic rings. The van der Waals surface area contributed by atoms with Gasteiger partial charge in [0.15, 0.2) is 0 Å². The Bertz CT molecular complexity index is 4050. The van der Waals surface area contributed by atoms with E-state index >= 15 is 0 Å². The third-order valence-electron chi connectivity index (χ3n) is 12.5. The summed E-state index contributed by atoms with van der Waals surface area (Å²) in [4.78, 5) is 4.98. The summed E-state index contributed by atoms with van der Waals surface area (Å²) in [6, 6.07) is 42.1. The van der Waals surface area contributed by atoms with E-state index < -0.39 is 60.4 Å². The third-order valence-corrected chi connectivity index (χ3v) is 12.5. The summed E-state index contributed by atoms with van der Waals surface area (Å²) in [5, 5.41) is 2.15. The van der Waals surface area contributed by atoms with E-state index in [1.165, 1.54) is 11.1 Å². The number of nitrogens with zero attached hydrogens (tertiary/aromatic N) is 4. The lowest BCUT2D eigenvalue weighted by Gasteiger charge is -2.25. The van der Waals surface area contributed by atoms with E-state index in [0.29, 0.717) is 28.2 Å². The van der Waals surface area contributed by atoms with E-state index in [9.17, 15) is 0 Å². The van der Waals surface area contributed by atoms with E-state index in [1.54, 1.807) is 27.3 Å². The highest BCUT2D eigenvalue weighted by Crippen LogP contribution is 2.39. The number of hydrogen-bond acceptors (Lipinski definition) is 2. The molecule has 0 atom stereocenters. The second-order valence-electron chi connectivity index (χ2n) is 18.5. The van der Waals surface area contributed by atoms with Crippen LogP contribution in [0.25, 0.3) is 72.3 Å². The van der Waals surface area contributed by atoms with Crippen molar-refractivity contribution < 1.29 is 23.0 Å². The molecule has 0 fully saturated rings. The first-order valence-corrected chi connectivity index (χ1v) is 22.3. The number of benzene rings is 8. The predicted octanol–water partition coefficient (Wildman–Crippen LogP) is 15.1. The van der Waals surface area contributed by atoms with E-state index in [2.05, 4.69) is 106 Å². The van der Waals surface area contributed by atoms with Crippen molar-refractivity contribution in [3.8, 4) is 50.9 Å². The highest BCUT2D eigenvalue weighted by atomic mass is 16.5. The van der Waals surface area contributed by atoms with Crippen molar-refractivity contribution >= 4 is 32.8 Å². The lowest BCUT2D eigenvalue weighted by molar-refractivity contribution is -0.571. The molecule has 0 amide bonds. The Labute approximate surface area is 406 Å². The average molecular weight is 879 g/mol. The molecule has 5 nitrogen and oxygen atoms in total. The van der Waals surface area contributed by atoms with Crippen LogP contribution in [0, 0.1) is 6.33 Å². The fraction of sp³-hybridized carbons (Fsp3) is 0.129. The molecule has 0 spiro atoms. The van der Waals surface area contributed by atoms with Crippen molar-refractivity contribution in [3.05, 3.63) is 235 Å². The fourth-order valence-corrected chi connectivity index (χ4v) is 9.17. The van der Waals surface area contributed by atoms with E-state index in [1.807, 2.05) is 72.9 Å². The molecule has 8 aromatic carbocycles. The third kappa shape index (κ3) is 7.87. The molecule has 0 saturated carbocycles. The van der Waals surface area contributed by atoms with Gasteiger partial charge < -0.3 is 4.74 Å². The van der Waals surface area contributed by atoms with Crippen molar-refractivity contribution in [2.45, 2.75) is 51.9 Å². The van der Waals surface area contributed by atoms with Crippen LogP contribution in [0.4, 0.5) is 0 Å². The molecular formula is C62H52N4O. The SMILES string of the molecule is [2H]c1c([2H])c([2H])c(-c2cccc(-c3c([2H])c([2H])c([2H])c([2H])c3[2H])c2-[n+]2[c-]n(-c3cccc(Oc4ccc5c6cc(C(C)(C)C)ccc6n(-c6cc(CC(C)(C)c7ccccc7)ccn6)c5c4)c3)c3ccccc32)c([2H])c1[2H]. The van der Waals surface area contributed by atoms with Crippen LogP contribution < -0.4 is 9.30 Å². The van der Waals surface area contributed by atoms with Crippen molar-refractivity contribution in [3.63, 3.8) is 0 Å². The number of aromatic nitrogens is 4. The minimum Gasteiger partial charge on any atom is -0.458 e. The summed E-state index contributed by atoms with van der Waals surface area (Å²) in [6.45, 7) is 11.2. The molecule has 5 heteroatoms. The molecular weight excluding hydrogens is 817 g/mol. The summed E-state index contributed by atoms with van der Waals surface area (Å²) in [6.07, 6.45) is 6.15. The van der Waals surface area contributed by atoms with Gasteiger partial charge in [-0.3, -0.25) is 13.7 Å². The van der Waals surface area contributed by atoms with Gasteiger partial charge in [0.25, 0.3) is 6.33 Å². The molecule has 326 valence electrons. The Kier molecular flexibility index (Phi) is 7.95. The zero-order valence-corrected chi connectivity index (χ0v) is 37.8. The molecule has 67 heavy (non-hydrogen) atoms. The van der Waals surface area contributed by atoms with Crippen LogP contribution in [0.1, 0.15) is 65.0 Å². The van der Waals surface area contributed by atoms with E-state index in [-0.39, 0.29) is 38.8 Å². The van der Waals surface area contributed by atoms with E-state index in [0.717, 1.165) is 39.6 Å². The number of hydrogen-bond donors (Lipinski definition) is 0. The average Bonchev–Trinajstić information content (AvgIpc) is 3.98. The van der Waals surface area contributed by atoms with Gasteiger partial charge in [-0.2, -0.15) is 0 Å². The van der Waals surface area contributed by atoms with Crippen LogP contribution >= 0.6 is 0 Å². The van der Waals surface area contributed by atoms with Crippen molar-refractivity contribution in [2.24, 2.45) is 0 Å². The van der Waals surface area contributed by atoms with Crippen LogP contribution in [-0.2, 0) is 17.3 Å². The molecule has 11 rings (SSSR count). The number of ether oxygens (including phenoxy) is 1. The maximum atomic E-state index is 9.05. The largest absolute Gasteiger partial charge is 0.458 e. The smallest absolute Gasteiger partial charge is 0.269 e. The van der Waals surface area contributed by atoms with Crippen molar-refractivity contribution in [1.29, 1.82) is 0 Å². The Morgan fingerprint density at radius 1 is 0.582 bits per heavy atom. The fourth-order valence-electron chi connectivity index (χ4n) is 9.17. The van der Waals surface area contributed by atoms with Gasteiger partial charge in [0.2, 0.25) is 0 Å². The molecule has 3 aromatic heterocycles. The quantitative estimate of drug-likeness (QED) is 0.101. The first kappa shape index (κ1) is 31.8. The zero-order chi connectivity index (χ0) is 54.4. The van der Waals surface area contributed by atoms with Gasteiger partial charge in [-0.15, -0.1) is 0 Å². The molecule has 0 unspecified atom stereocenters. The Morgan fingerprint density at radius 3 is 2.00 bits per heavy atom. The van der Waals surface area contributed by atoms with Gasteiger partial charge in [-0.1, -0.05) is 180 Å². The first-order valence-electron chi connectivity index (χ1n) is 27.3. The van der Waals surface area contributed by atoms with Gasteiger partial charge in [-0.05, 0) is 111 Å². The Balaban J connectivity index is 1.05. The van der Waals surface area contributed by atoms with Crippen molar-refractivity contribution in [2.75, 3.05) is 0 Å². The minimum atomic E-state index is -0.567. The molecule has 3 heterocycles. The molecule has 0 aliphatic heterocycles. The normalized spacial score (nSPS) is 14.1. The number of fused-ring (bicyclic) bond motifs is 4. The highest BCUT2D eigenvalue weighted by molar-refractivity contribution is 6.09. The van der Waals surface area contributed by atoms with Gasteiger partial charge in [-0.25, -0.2) is 4.98 Å². The summed E-state index contributed by atoms with van der Waals surface area (Å²) in [5.41, 5.74) is 7.45. The predicted molar refractivity (Wildman–Crippen MR) is 275 cm³/mol. The molecule has 11 aromatic rings. The first-order chi connectivity index (χ1) is 36.7. The summed E-state index contributed by atoms with van der Waals surface area (Å²) in [7, 11) is 0. The van der Waals surface area contributed by atoms with Crippen LogP contribution in [0.5, 0.6) is 11.5 Å². The van der Waals surface area contributed by atoms with E-state index in [4.69, 9.17) is 23.4 Å². The second kappa shape index (κ2) is 16.8. The zero-order valence-electron chi connectivity index (χ0n) is 47.8. The van der Waals surface area contributed by atoms with Crippen LogP contribution in [0.3, 0.4) is 0 Å². The van der Waals surface area contributed by atoms with Gasteiger partial charge >= 0.3 is 0 Å². The number of rotatable bonds is 10. The second-order valence-corrected chi connectivity index (χ2v) is 18.5. The number of para-hydroxylation sites is 3. The summed E-state index contributed by atoms with van der Waals surface area (Å²) < 4.78 is 99.8.